The van der Waals surface area contributed by atoms with Crippen molar-refractivity contribution in [1.82, 2.24) is 4.67 Å². The number of thioether (sulfide) groups is 1. The molecular weight excluding hydrogens is 539 g/mol. The third-order valence-corrected chi connectivity index (χ3v) is 11.1. The first-order chi connectivity index (χ1) is 17.5. The number of alkyl halides is 3. The molecular formula is C27H33ClF2NO4PS. The standard InChI is InChI=1S/C27H33ClF2NO4PS/c1-25-10-22(33)27(30)19(9-21(29)20-8-17(32)3-5-26(20,27)2)18(25)7-16(23(25)24(34)37-14-28)12-31(36)11-15-4-6-35-13-15/h3-6,8,13,16,18-19,21-23,33H,7,9-12,14,36H2,1-2H3. The van der Waals surface area contributed by atoms with Gasteiger partial charge in [0.05, 0.1) is 23.8 Å². The Labute approximate surface area is 227 Å². The molecule has 202 valence electrons. The minimum Gasteiger partial charge on any atom is -0.472 e. The van der Waals surface area contributed by atoms with Crippen molar-refractivity contribution in [1.29, 1.82) is 0 Å². The van der Waals surface area contributed by atoms with Crippen LogP contribution in [0.5, 0.6) is 0 Å². The van der Waals surface area contributed by atoms with Crippen molar-refractivity contribution in [3.05, 3.63) is 48.0 Å². The Morgan fingerprint density at radius 1 is 1.35 bits per heavy atom. The Morgan fingerprint density at radius 2 is 2.11 bits per heavy atom. The molecule has 0 radical (unpaired) electrons. The van der Waals surface area contributed by atoms with Crippen LogP contribution in [0, 0.1) is 34.5 Å². The lowest BCUT2D eigenvalue weighted by atomic mass is 9.45. The third-order valence-electron chi connectivity index (χ3n) is 9.69. The molecule has 0 aliphatic heterocycles. The molecule has 10 atom stereocenters. The monoisotopic (exact) mass is 571 g/mol. The first kappa shape index (κ1) is 27.5. The second kappa shape index (κ2) is 9.85. The lowest BCUT2D eigenvalue weighted by Crippen LogP contribution is -2.68. The largest absolute Gasteiger partial charge is 0.472 e. The maximum Gasteiger partial charge on any atom is 0.194 e. The summed E-state index contributed by atoms with van der Waals surface area (Å²) in [6, 6.07) is 1.88. The van der Waals surface area contributed by atoms with Gasteiger partial charge >= 0.3 is 0 Å². The quantitative estimate of drug-likeness (QED) is 0.360. The number of aliphatic hydroxyl groups excluding tert-OH is 1. The number of hydrogen-bond acceptors (Lipinski definition) is 6. The van der Waals surface area contributed by atoms with E-state index in [0.29, 0.717) is 19.5 Å². The molecule has 4 aliphatic carbocycles. The molecule has 3 saturated carbocycles. The van der Waals surface area contributed by atoms with E-state index < -0.39 is 40.6 Å². The highest BCUT2D eigenvalue weighted by Crippen LogP contribution is 2.70. The summed E-state index contributed by atoms with van der Waals surface area (Å²) in [7, 11) is 2.70. The molecule has 4 aliphatic rings. The van der Waals surface area contributed by atoms with Crippen LogP contribution in [0.2, 0.25) is 0 Å². The number of ketones is 1. The molecule has 5 rings (SSSR count). The highest BCUT2D eigenvalue weighted by molar-refractivity contribution is 8.14. The van der Waals surface area contributed by atoms with Crippen LogP contribution in [0.25, 0.3) is 0 Å². The predicted molar refractivity (Wildman–Crippen MR) is 143 cm³/mol. The summed E-state index contributed by atoms with van der Waals surface area (Å²) in [6.45, 7) is 4.71. The van der Waals surface area contributed by atoms with E-state index in [2.05, 4.69) is 9.39 Å². The smallest absolute Gasteiger partial charge is 0.194 e. The zero-order valence-electron chi connectivity index (χ0n) is 20.9. The van der Waals surface area contributed by atoms with Crippen LogP contribution in [0.3, 0.4) is 0 Å². The number of hydrogen-bond donors (Lipinski definition) is 1. The summed E-state index contributed by atoms with van der Waals surface area (Å²) < 4.78 is 40.3. The van der Waals surface area contributed by atoms with Gasteiger partial charge in [0.2, 0.25) is 0 Å². The van der Waals surface area contributed by atoms with E-state index in [1.807, 2.05) is 17.7 Å². The van der Waals surface area contributed by atoms with Gasteiger partial charge in [-0.3, -0.25) is 14.3 Å². The summed E-state index contributed by atoms with van der Waals surface area (Å²) in [5, 5.41) is 11.5. The van der Waals surface area contributed by atoms with Gasteiger partial charge in [-0.1, -0.05) is 34.2 Å². The summed E-state index contributed by atoms with van der Waals surface area (Å²) >= 11 is 6.99. The molecule has 37 heavy (non-hydrogen) atoms. The highest BCUT2D eigenvalue weighted by Gasteiger charge is 2.73. The molecule has 0 bridgehead atoms. The van der Waals surface area contributed by atoms with Gasteiger partial charge in [0.25, 0.3) is 0 Å². The van der Waals surface area contributed by atoms with E-state index in [1.165, 1.54) is 18.2 Å². The average Bonchev–Trinajstić information content (AvgIpc) is 3.43. The number of halogens is 3. The molecule has 0 spiro atoms. The van der Waals surface area contributed by atoms with Crippen LogP contribution in [0.1, 0.15) is 38.7 Å². The van der Waals surface area contributed by atoms with Crippen LogP contribution in [0.15, 0.2) is 46.8 Å². The number of carbonyl (C=O) groups is 2. The lowest BCUT2D eigenvalue weighted by Gasteiger charge is -2.62. The van der Waals surface area contributed by atoms with Gasteiger partial charge < -0.3 is 9.52 Å². The fourth-order valence-corrected chi connectivity index (χ4v) is 9.71. The summed E-state index contributed by atoms with van der Waals surface area (Å²) in [6.07, 6.45) is 4.81. The van der Waals surface area contributed by atoms with Gasteiger partial charge in [-0.15, -0.1) is 11.6 Å². The SMILES string of the molecule is CC12CC(O)C3(F)C(CC(F)C4=CC(=O)C=CC43C)C1CC(CN(P)Cc1ccoc1)C2C(=O)SCCl. The normalized spacial score (nSPS) is 42.8. The molecule has 1 heterocycles. The van der Waals surface area contributed by atoms with Crippen LogP contribution in [-0.4, -0.2) is 50.4 Å². The second-order valence-corrected chi connectivity index (χ2v) is 13.8. The summed E-state index contributed by atoms with van der Waals surface area (Å²) in [5.41, 5.74) is -3.20. The number of allylic oxidation sites excluding steroid dienone is 4. The number of carbonyl (C=O) groups excluding carboxylic acids is 2. The van der Waals surface area contributed by atoms with Gasteiger partial charge in [-0.2, -0.15) is 0 Å². The fraction of sp³-hybridized carbons (Fsp3) is 0.630. The Balaban J connectivity index is 1.52. The van der Waals surface area contributed by atoms with E-state index in [9.17, 15) is 14.7 Å². The molecule has 3 fully saturated rings. The van der Waals surface area contributed by atoms with Gasteiger partial charge in [-0.25, -0.2) is 8.78 Å². The lowest BCUT2D eigenvalue weighted by molar-refractivity contribution is -0.201. The van der Waals surface area contributed by atoms with Crippen molar-refractivity contribution in [2.75, 3.05) is 11.8 Å². The van der Waals surface area contributed by atoms with E-state index in [4.69, 9.17) is 16.0 Å². The Hall–Kier alpha value is -1.05. The Morgan fingerprint density at radius 3 is 2.78 bits per heavy atom. The van der Waals surface area contributed by atoms with Crippen LogP contribution in [0.4, 0.5) is 8.78 Å². The van der Waals surface area contributed by atoms with Crippen molar-refractivity contribution in [3.63, 3.8) is 0 Å². The van der Waals surface area contributed by atoms with Crippen molar-refractivity contribution in [3.8, 4) is 0 Å². The minimum absolute atomic E-state index is 0.0622. The van der Waals surface area contributed by atoms with Crippen molar-refractivity contribution >= 4 is 43.7 Å². The third kappa shape index (κ3) is 4.21. The van der Waals surface area contributed by atoms with Gasteiger partial charge in [-0.05, 0) is 67.2 Å². The molecule has 1 aromatic rings. The van der Waals surface area contributed by atoms with Crippen molar-refractivity contribution in [2.24, 2.45) is 34.5 Å². The summed E-state index contributed by atoms with van der Waals surface area (Å²) in [4.78, 5) is 25.5. The van der Waals surface area contributed by atoms with Crippen LogP contribution >= 0.6 is 32.8 Å². The zero-order chi connectivity index (χ0) is 26.8. The molecule has 10 heteroatoms. The van der Waals surface area contributed by atoms with Crippen molar-refractivity contribution < 1.29 is 27.9 Å². The van der Waals surface area contributed by atoms with Gasteiger partial charge in [0, 0.05) is 35.9 Å². The zero-order valence-corrected chi connectivity index (χ0v) is 23.6. The van der Waals surface area contributed by atoms with Crippen molar-refractivity contribution in [2.45, 2.75) is 57.6 Å². The average molecular weight is 572 g/mol. The minimum atomic E-state index is -2.15. The van der Waals surface area contributed by atoms with Crippen LogP contribution in [-0.2, 0) is 16.1 Å². The number of fused-ring (bicyclic) bond motifs is 5. The van der Waals surface area contributed by atoms with E-state index >= 15 is 8.78 Å². The van der Waals surface area contributed by atoms with Gasteiger partial charge in [0.15, 0.2) is 16.6 Å². The van der Waals surface area contributed by atoms with Gasteiger partial charge in [0.1, 0.15) is 6.17 Å². The maximum absolute atomic E-state index is 17.4. The first-order valence-corrected chi connectivity index (χ1v) is 14.7. The Bertz CT molecular complexity index is 1130. The topological polar surface area (TPSA) is 70.8 Å². The van der Waals surface area contributed by atoms with E-state index in [1.54, 1.807) is 19.5 Å². The molecule has 0 aromatic carbocycles. The highest BCUT2D eigenvalue weighted by atomic mass is 35.5. The second-order valence-electron chi connectivity index (χ2n) is 11.6. The predicted octanol–water partition coefficient (Wildman–Crippen LogP) is 5.49. The molecule has 1 aromatic heterocycles. The molecule has 1 N–H and O–H groups in total. The van der Waals surface area contributed by atoms with Crippen LogP contribution < -0.4 is 0 Å². The Kier molecular flexibility index (Phi) is 7.32. The molecule has 5 nitrogen and oxygen atoms in total. The maximum atomic E-state index is 17.4. The summed E-state index contributed by atoms with van der Waals surface area (Å²) in [5.74, 6) is -2.06. The number of furan rings is 1. The molecule has 0 amide bonds. The van der Waals surface area contributed by atoms with E-state index in [-0.39, 0.29) is 46.4 Å². The first-order valence-electron chi connectivity index (χ1n) is 12.6. The fourth-order valence-electron chi connectivity index (χ4n) is 8.15. The number of rotatable bonds is 6. The molecule has 0 saturated heterocycles. The number of nitrogens with zero attached hydrogens (tertiary/aromatic N) is 1. The van der Waals surface area contributed by atoms with E-state index in [0.717, 1.165) is 17.3 Å². The molecule has 10 unspecified atom stereocenters. The number of aliphatic hydroxyl groups is 1.